The van der Waals surface area contributed by atoms with Gasteiger partial charge in [0.15, 0.2) is 11.9 Å². The summed E-state index contributed by atoms with van der Waals surface area (Å²) in [6.07, 6.45) is 1.66. The zero-order valence-electron chi connectivity index (χ0n) is 11.4. The predicted octanol–water partition coefficient (Wildman–Crippen LogP) is 3.59. The van der Waals surface area contributed by atoms with Crippen LogP contribution in [0, 0.1) is 12.1 Å². The van der Waals surface area contributed by atoms with Crippen LogP contribution in [0.4, 0.5) is 0 Å². The third kappa shape index (κ3) is 2.53. The molecule has 0 spiro atoms. The third-order valence-electron chi connectivity index (χ3n) is 3.03. The van der Waals surface area contributed by atoms with Gasteiger partial charge in [0.2, 0.25) is 0 Å². The maximum Gasteiger partial charge on any atom is 0.198 e. The van der Waals surface area contributed by atoms with Gasteiger partial charge >= 0.3 is 0 Å². The van der Waals surface area contributed by atoms with Crippen molar-refractivity contribution in [1.82, 2.24) is 0 Å². The fraction of sp³-hybridized carbons (Fsp3) is 0.312. The number of aromatic nitrogens is 1. The molecule has 0 amide bonds. The average molecular weight is 241 g/mol. The molecule has 0 radical (unpaired) electrons. The minimum Gasteiger partial charge on any atom is -0.618 e. The van der Waals surface area contributed by atoms with Crippen molar-refractivity contribution in [3.8, 4) is 11.1 Å². The van der Waals surface area contributed by atoms with Crippen LogP contribution < -0.4 is 4.73 Å². The van der Waals surface area contributed by atoms with Crippen LogP contribution in [0.25, 0.3) is 11.1 Å². The van der Waals surface area contributed by atoms with Gasteiger partial charge in [0.25, 0.3) is 0 Å². The van der Waals surface area contributed by atoms with Crippen molar-refractivity contribution in [3.63, 3.8) is 0 Å². The Morgan fingerprint density at radius 2 is 1.72 bits per heavy atom. The van der Waals surface area contributed by atoms with Crippen LogP contribution in [0.2, 0.25) is 0 Å². The molecule has 0 bridgehead atoms. The van der Waals surface area contributed by atoms with Gasteiger partial charge in [0.05, 0.1) is 0 Å². The SMILES string of the molecule is Cc1cccc(-c2ccc(C(C)(C)C)[n+]([O-])c2)c1. The molecular weight excluding hydrogens is 222 g/mol. The molecular formula is C16H19NO. The molecule has 0 aliphatic carbocycles. The molecule has 2 aromatic rings. The third-order valence-corrected chi connectivity index (χ3v) is 3.03. The van der Waals surface area contributed by atoms with Crippen molar-refractivity contribution in [2.45, 2.75) is 33.1 Å². The number of aryl methyl sites for hydroxylation is 1. The highest BCUT2D eigenvalue weighted by Gasteiger charge is 2.23. The van der Waals surface area contributed by atoms with E-state index < -0.39 is 0 Å². The maximum atomic E-state index is 12.1. The Labute approximate surface area is 108 Å². The first-order chi connectivity index (χ1) is 8.38. The summed E-state index contributed by atoms with van der Waals surface area (Å²) >= 11 is 0. The highest BCUT2D eigenvalue weighted by atomic mass is 16.5. The Kier molecular flexibility index (Phi) is 3.12. The van der Waals surface area contributed by atoms with Crippen molar-refractivity contribution in [2.24, 2.45) is 0 Å². The molecule has 0 N–H and O–H groups in total. The van der Waals surface area contributed by atoms with Gasteiger partial charge in [-0.25, -0.2) is 0 Å². The van der Waals surface area contributed by atoms with Crippen LogP contribution in [0.5, 0.6) is 0 Å². The zero-order chi connectivity index (χ0) is 13.3. The van der Waals surface area contributed by atoms with Gasteiger partial charge in [0.1, 0.15) is 0 Å². The van der Waals surface area contributed by atoms with Crippen molar-refractivity contribution >= 4 is 0 Å². The summed E-state index contributed by atoms with van der Waals surface area (Å²) in [5.74, 6) is 0. The number of hydrogen-bond donors (Lipinski definition) is 0. The topological polar surface area (TPSA) is 26.9 Å². The van der Waals surface area contributed by atoms with E-state index in [0.717, 1.165) is 21.6 Å². The lowest BCUT2D eigenvalue weighted by Gasteiger charge is -2.17. The second-order valence-corrected chi connectivity index (χ2v) is 5.75. The molecule has 1 aromatic heterocycles. The normalized spacial score (nSPS) is 11.6. The molecule has 2 heteroatoms. The highest BCUT2D eigenvalue weighted by molar-refractivity contribution is 5.62. The number of rotatable bonds is 1. The molecule has 0 aliphatic rings. The Bertz CT molecular complexity index is 568. The van der Waals surface area contributed by atoms with Gasteiger partial charge in [-0.15, -0.1) is 0 Å². The van der Waals surface area contributed by atoms with Crippen LogP contribution in [0.15, 0.2) is 42.6 Å². The Hall–Kier alpha value is -1.83. The first kappa shape index (κ1) is 12.6. The monoisotopic (exact) mass is 241 g/mol. The zero-order valence-corrected chi connectivity index (χ0v) is 11.4. The Balaban J connectivity index is 2.47. The molecule has 0 unspecified atom stereocenters. The first-order valence-corrected chi connectivity index (χ1v) is 6.19. The molecule has 2 nitrogen and oxygen atoms in total. The van der Waals surface area contributed by atoms with E-state index in [1.54, 1.807) is 6.20 Å². The predicted molar refractivity (Wildman–Crippen MR) is 74.3 cm³/mol. The van der Waals surface area contributed by atoms with Crippen LogP contribution in [0.1, 0.15) is 32.0 Å². The van der Waals surface area contributed by atoms with Crippen LogP contribution in [-0.4, -0.2) is 0 Å². The molecule has 0 atom stereocenters. The van der Waals surface area contributed by atoms with Crippen molar-refractivity contribution in [1.29, 1.82) is 0 Å². The second-order valence-electron chi connectivity index (χ2n) is 5.75. The number of nitrogens with zero attached hydrogens (tertiary/aromatic N) is 1. The largest absolute Gasteiger partial charge is 0.618 e. The molecule has 0 saturated carbocycles. The summed E-state index contributed by atoms with van der Waals surface area (Å²) in [5.41, 5.74) is 3.90. The Morgan fingerprint density at radius 3 is 2.28 bits per heavy atom. The molecule has 1 aromatic carbocycles. The molecule has 0 fully saturated rings. The van der Waals surface area contributed by atoms with E-state index in [1.165, 1.54) is 5.56 Å². The molecule has 94 valence electrons. The summed E-state index contributed by atoms with van der Waals surface area (Å²) in [6, 6.07) is 12.1. The summed E-state index contributed by atoms with van der Waals surface area (Å²) in [4.78, 5) is 0. The molecule has 18 heavy (non-hydrogen) atoms. The summed E-state index contributed by atoms with van der Waals surface area (Å²) < 4.78 is 0.984. The Morgan fingerprint density at radius 1 is 1.00 bits per heavy atom. The van der Waals surface area contributed by atoms with E-state index in [2.05, 4.69) is 19.1 Å². The van der Waals surface area contributed by atoms with E-state index in [-0.39, 0.29) is 5.41 Å². The molecule has 1 heterocycles. The molecule has 2 rings (SSSR count). The summed E-state index contributed by atoms with van der Waals surface area (Å²) in [7, 11) is 0. The van der Waals surface area contributed by atoms with Crippen molar-refractivity contribution in [3.05, 3.63) is 59.1 Å². The average Bonchev–Trinajstić information content (AvgIpc) is 2.27. The number of pyridine rings is 1. The van der Waals surface area contributed by atoms with Gasteiger partial charge in [0, 0.05) is 17.0 Å². The van der Waals surface area contributed by atoms with Crippen molar-refractivity contribution < 1.29 is 4.73 Å². The van der Waals surface area contributed by atoms with Gasteiger partial charge in [-0.2, -0.15) is 4.73 Å². The van der Waals surface area contributed by atoms with E-state index in [0.29, 0.717) is 0 Å². The van der Waals surface area contributed by atoms with Crippen LogP contribution in [-0.2, 0) is 5.41 Å². The van der Waals surface area contributed by atoms with Crippen LogP contribution in [0.3, 0.4) is 0 Å². The standard InChI is InChI=1S/C16H19NO/c1-12-6-5-7-13(10-12)14-8-9-15(16(2,3)4)17(18)11-14/h5-11H,1-4H3. The lowest BCUT2D eigenvalue weighted by Crippen LogP contribution is -2.37. The van der Waals surface area contributed by atoms with Gasteiger partial charge in [-0.1, -0.05) is 50.6 Å². The van der Waals surface area contributed by atoms with Gasteiger partial charge < -0.3 is 5.21 Å². The maximum absolute atomic E-state index is 12.1. The van der Waals surface area contributed by atoms with E-state index >= 15 is 0 Å². The fourth-order valence-electron chi connectivity index (χ4n) is 2.06. The van der Waals surface area contributed by atoms with E-state index in [1.807, 2.05) is 45.0 Å². The lowest BCUT2D eigenvalue weighted by molar-refractivity contribution is -0.617. The first-order valence-electron chi connectivity index (χ1n) is 6.19. The fourth-order valence-corrected chi connectivity index (χ4v) is 2.06. The summed E-state index contributed by atoms with van der Waals surface area (Å²) in [5, 5.41) is 12.1. The molecule has 0 saturated heterocycles. The highest BCUT2D eigenvalue weighted by Crippen LogP contribution is 2.23. The number of hydrogen-bond acceptors (Lipinski definition) is 1. The smallest absolute Gasteiger partial charge is 0.198 e. The quantitative estimate of drug-likeness (QED) is 0.553. The van der Waals surface area contributed by atoms with E-state index in [9.17, 15) is 5.21 Å². The minimum atomic E-state index is -0.132. The summed E-state index contributed by atoms with van der Waals surface area (Å²) in [6.45, 7) is 8.19. The minimum absolute atomic E-state index is 0.132. The lowest BCUT2D eigenvalue weighted by atomic mass is 9.91. The van der Waals surface area contributed by atoms with Crippen molar-refractivity contribution in [2.75, 3.05) is 0 Å². The van der Waals surface area contributed by atoms with Crippen LogP contribution >= 0.6 is 0 Å². The number of benzene rings is 1. The van der Waals surface area contributed by atoms with Gasteiger partial charge in [-0.05, 0) is 18.6 Å². The second kappa shape index (κ2) is 4.45. The van der Waals surface area contributed by atoms with E-state index in [4.69, 9.17) is 0 Å². The van der Waals surface area contributed by atoms with Gasteiger partial charge in [-0.3, -0.25) is 0 Å². The molecule has 0 aliphatic heterocycles.